The van der Waals surface area contributed by atoms with Gasteiger partial charge < -0.3 is 4.74 Å². The van der Waals surface area contributed by atoms with Crippen molar-refractivity contribution in [3.63, 3.8) is 0 Å². The van der Waals surface area contributed by atoms with Crippen LogP contribution in [0.5, 0.6) is 5.75 Å². The zero-order chi connectivity index (χ0) is 12.7. The van der Waals surface area contributed by atoms with Crippen LogP contribution < -0.4 is 4.74 Å². The molecule has 0 N–H and O–H groups in total. The Balaban J connectivity index is 3.05. The molecule has 0 fully saturated rings. The molecule has 1 aromatic carbocycles. The molecule has 0 aliphatic rings. The number of halogens is 1. The van der Waals surface area contributed by atoms with Gasteiger partial charge in [-0.25, -0.2) is 0 Å². The number of ether oxygens (including phenoxy) is 1. The van der Waals surface area contributed by atoms with Crippen LogP contribution in [-0.2, 0) is 0 Å². The van der Waals surface area contributed by atoms with Gasteiger partial charge in [0.15, 0.2) is 0 Å². The third-order valence-electron chi connectivity index (χ3n) is 2.32. The van der Waals surface area contributed by atoms with E-state index in [9.17, 15) is 0 Å². The first-order valence-corrected chi connectivity index (χ1v) is 6.35. The topological polar surface area (TPSA) is 9.23 Å². The van der Waals surface area contributed by atoms with Gasteiger partial charge in [-0.15, -0.1) is 6.42 Å². The number of methoxy groups -OCH3 is 1. The molecule has 17 heavy (non-hydrogen) atoms. The summed E-state index contributed by atoms with van der Waals surface area (Å²) in [5.74, 6) is 9.64. The van der Waals surface area contributed by atoms with Gasteiger partial charge in [0.2, 0.25) is 0 Å². The predicted octanol–water partition coefficient (Wildman–Crippen LogP) is 3.98. The molecule has 0 aliphatic carbocycles. The van der Waals surface area contributed by atoms with E-state index < -0.39 is 0 Å². The minimum Gasteiger partial charge on any atom is -0.497 e. The van der Waals surface area contributed by atoms with E-state index >= 15 is 0 Å². The summed E-state index contributed by atoms with van der Waals surface area (Å²) in [7, 11) is 1.62. The summed E-state index contributed by atoms with van der Waals surface area (Å²) in [5.41, 5.74) is 1.63. The van der Waals surface area contributed by atoms with Gasteiger partial charge in [-0.3, -0.25) is 0 Å². The van der Waals surface area contributed by atoms with Crippen molar-refractivity contribution in [3.05, 3.63) is 27.7 Å². The van der Waals surface area contributed by atoms with Crippen molar-refractivity contribution in [2.75, 3.05) is 7.11 Å². The highest BCUT2D eigenvalue weighted by molar-refractivity contribution is 9.10. The van der Waals surface area contributed by atoms with Gasteiger partial charge in [0.25, 0.3) is 0 Å². The molecule has 0 spiro atoms. The molecule has 0 unspecified atom stereocenters. The molecule has 0 heterocycles. The Kier molecular flexibility index (Phi) is 5.67. The smallest absolute Gasteiger partial charge is 0.121 e. The highest BCUT2D eigenvalue weighted by atomic mass is 79.9. The van der Waals surface area contributed by atoms with Crippen LogP contribution in [0.2, 0.25) is 0 Å². The van der Waals surface area contributed by atoms with Crippen LogP contribution >= 0.6 is 15.9 Å². The number of unbranched alkanes of at least 4 members (excludes halogenated alkanes) is 2. The van der Waals surface area contributed by atoms with Crippen molar-refractivity contribution in [2.45, 2.75) is 26.2 Å². The molecule has 0 bridgehead atoms. The average molecular weight is 291 g/mol. The summed E-state index contributed by atoms with van der Waals surface area (Å²) in [6, 6.07) is 3.71. The maximum Gasteiger partial charge on any atom is 0.121 e. The molecule has 0 amide bonds. The fraction of sp³-hybridized carbons (Fsp3) is 0.333. The number of terminal acetylenes is 1. The third kappa shape index (κ3) is 3.84. The Morgan fingerprint density at radius 1 is 1.41 bits per heavy atom. The van der Waals surface area contributed by atoms with E-state index in [1.54, 1.807) is 7.11 Å². The Hall–Kier alpha value is -1.38. The number of hydrogen-bond acceptors (Lipinski definition) is 1. The number of rotatable bonds is 3. The molecule has 1 rings (SSSR count). The summed E-state index contributed by atoms with van der Waals surface area (Å²) in [5, 5.41) is 0. The molecule has 88 valence electrons. The minimum absolute atomic E-state index is 0.740. The van der Waals surface area contributed by atoms with Crippen molar-refractivity contribution in [3.8, 4) is 29.9 Å². The Morgan fingerprint density at radius 2 is 2.18 bits per heavy atom. The van der Waals surface area contributed by atoms with Gasteiger partial charge in [-0.1, -0.05) is 31.1 Å². The Bertz CT molecular complexity index is 486. The lowest BCUT2D eigenvalue weighted by atomic mass is 10.1. The van der Waals surface area contributed by atoms with E-state index in [1.165, 1.54) is 0 Å². The maximum absolute atomic E-state index is 5.48. The van der Waals surface area contributed by atoms with Gasteiger partial charge in [0.1, 0.15) is 5.75 Å². The van der Waals surface area contributed by atoms with Crippen molar-refractivity contribution in [2.24, 2.45) is 0 Å². The van der Waals surface area contributed by atoms with E-state index in [1.807, 2.05) is 12.1 Å². The van der Waals surface area contributed by atoms with Crippen molar-refractivity contribution in [1.82, 2.24) is 0 Å². The summed E-state index contributed by atoms with van der Waals surface area (Å²) in [6.07, 6.45) is 8.65. The summed E-state index contributed by atoms with van der Waals surface area (Å²) in [6.45, 7) is 2.15. The van der Waals surface area contributed by atoms with Gasteiger partial charge in [-0.2, -0.15) is 0 Å². The highest BCUT2D eigenvalue weighted by Crippen LogP contribution is 2.26. The van der Waals surface area contributed by atoms with Crippen LogP contribution in [0, 0.1) is 24.2 Å². The molecule has 0 radical (unpaired) electrons. The molecular formula is C15H15BrO. The number of hydrogen-bond donors (Lipinski definition) is 0. The second-order valence-electron chi connectivity index (χ2n) is 3.58. The first-order valence-electron chi connectivity index (χ1n) is 5.56. The highest BCUT2D eigenvalue weighted by Gasteiger charge is 2.05. The summed E-state index contributed by atoms with van der Waals surface area (Å²) < 4.78 is 6.04. The zero-order valence-corrected chi connectivity index (χ0v) is 11.7. The second kappa shape index (κ2) is 7.05. The number of benzene rings is 1. The Labute approximate surface area is 112 Å². The molecular weight excluding hydrogens is 276 g/mol. The van der Waals surface area contributed by atoms with Crippen LogP contribution in [0.4, 0.5) is 0 Å². The molecule has 0 aromatic heterocycles. The molecule has 0 atom stereocenters. The summed E-state index contributed by atoms with van der Waals surface area (Å²) in [4.78, 5) is 0. The van der Waals surface area contributed by atoms with Crippen molar-refractivity contribution >= 4 is 15.9 Å². The van der Waals surface area contributed by atoms with Gasteiger partial charge in [0.05, 0.1) is 12.7 Å². The fourth-order valence-corrected chi connectivity index (χ4v) is 1.89. The SMILES string of the molecule is C#Cc1cc(OC)cc(Br)c1C#CCCCC. The summed E-state index contributed by atoms with van der Waals surface area (Å²) >= 11 is 3.47. The fourth-order valence-electron chi connectivity index (χ4n) is 1.36. The molecule has 1 nitrogen and oxygen atoms in total. The van der Waals surface area contributed by atoms with Crippen LogP contribution in [0.15, 0.2) is 16.6 Å². The van der Waals surface area contributed by atoms with Crippen LogP contribution in [0.1, 0.15) is 37.3 Å². The van der Waals surface area contributed by atoms with Gasteiger partial charge in [0, 0.05) is 16.5 Å². The van der Waals surface area contributed by atoms with E-state index in [4.69, 9.17) is 11.2 Å². The van der Waals surface area contributed by atoms with Gasteiger partial charge in [-0.05, 0) is 34.5 Å². The second-order valence-corrected chi connectivity index (χ2v) is 4.44. The van der Waals surface area contributed by atoms with E-state index in [0.717, 1.165) is 40.6 Å². The maximum atomic E-state index is 5.48. The predicted molar refractivity (Wildman–Crippen MR) is 75.0 cm³/mol. The Morgan fingerprint density at radius 3 is 2.76 bits per heavy atom. The average Bonchev–Trinajstić information content (AvgIpc) is 2.35. The first kappa shape index (κ1) is 13.7. The van der Waals surface area contributed by atoms with Gasteiger partial charge >= 0.3 is 0 Å². The zero-order valence-electron chi connectivity index (χ0n) is 10.1. The minimum atomic E-state index is 0.740. The standard InChI is InChI=1S/C15H15BrO/c1-4-6-7-8-9-14-12(5-2)10-13(17-3)11-15(14)16/h2,10-11H,4,6-7H2,1,3H3. The van der Waals surface area contributed by atoms with Crippen molar-refractivity contribution < 1.29 is 4.74 Å². The largest absolute Gasteiger partial charge is 0.497 e. The van der Waals surface area contributed by atoms with E-state index in [0.29, 0.717) is 0 Å². The van der Waals surface area contributed by atoms with Crippen LogP contribution in [0.3, 0.4) is 0 Å². The van der Waals surface area contributed by atoms with E-state index in [-0.39, 0.29) is 0 Å². The molecule has 0 saturated heterocycles. The van der Waals surface area contributed by atoms with Crippen molar-refractivity contribution in [1.29, 1.82) is 0 Å². The quantitative estimate of drug-likeness (QED) is 0.604. The molecule has 2 heteroatoms. The third-order valence-corrected chi connectivity index (χ3v) is 2.95. The van der Waals surface area contributed by atoms with Crippen LogP contribution in [-0.4, -0.2) is 7.11 Å². The normalized spacial score (nSPS) is 9.06. The molecule has 0 aliphatic heterocycles. The first-order chi connectivity index (χ1) is 8.22. The molecule has 1 aromatic rings. The van der Waals surface area contributed by atoms with E-state index in [2.05, 4.69) is 40.6 Å². The molecule has 0 saturated carbocycles. The lowest BCUT2D eigenvalue weighted by Crippen LogP contribution is -1.90. The monoisotopic (exact) mass is 290 g/mol. The lowest BCUT2D eigenvalue weighted by Gasteiger charge is -2.05. The lowest BCUT2D eigenvalue weighted by molar-refractivity contribution is 0.414. The van der Waals surface area contributed by atoms with Crippen LogP contribution in [0.25, 0.3) is 0 Å².